The van der Waals surface area contributed by atoms with Crippen LogP contribution in [0.4, 0.5) is 0 Å². The molecule has 2 N–H and O–H groups in total. The van der Waals surface area contributed by atoms with Crippen molar-refractivity contribution in [1.82, 2.24) is 14.9 Å². The van der Waals surface area contributed by atoms with E-state index in [0.29, 0.717) is 13.1 Å². The summed E-state index contributed by atoms with van der Waals surface area (Å²) >= 11 is 0. The van der Waals surface area contributed by atoms with Gasteiger partial charge in [-0.05, 0) is 24.6 Å². The molecule has 0 bridgehead atoms. The SMILES string of the molecule is C#CCNC(=O)CN[C@@H](C)c1ccc(S(=O)(=O)N(CC)CC)cc1. The Morgan fingerprint density at radius 3 is 2.33 bits per heavy atom. The predicted octanol–water partition coefficient (Wildman–Crippen LogP) is 1.12. The number of benzene rings is 1. The lowest BCUT2D eigenvalue weighted by Crippen LogP contribution is -2.35. The van der Waals surface area contributed by atoms with Crippen molar-refractivity contribution in [3.63, 3.8) is 0 Å². The highest BCUT2D eigenvalue weighted by Gasteiger charge is 2.21. The molecule has 0 saturated heterocycles. The summed E-state index contributed by atoms with van der Waals surface area (Å²) in [4.78, 5) is 11.8. The van der Waals surface area contributed by atoms with Crippen LogP contribution < -0.4 is 10.6 Å². The van der Waals surface area contributed by atoms with Gasteiger partial charge >= 0.3 is 0 Å². The van der Waals surface area contributed by atoms with E-state index in [1.54, 1.807) is 24.3 Å². The molecular formula is C17H25N3O3S. The maximum atomic E-state index is 12.4. The van der Waals surface area contributed by atoms with Gasteiger partial charge in [0.2, 0.25) is 15.9 Å². The minimum atomic E-state index is -3.45. The molecule has 1 aromatic rings. The van der Waals surface area contributed by atoms with Crippen molar-refractivity contribution >= 4 is 15.9 Å². The molecule has 1 aromatic carbocycles. The second-order valence-corrected chi connectivity index (χ2v) is 7.18. The van der Waals surface area contributed by atoms with Crippen molar-refractivity contribution in [3.05, 3.63) is 29.8 Å². The van der Waals surface area contributed by atoms with E-state index in [-0.39, 0.29) is 29.9 Å². The summed E-state index contributed by atoms with van der Waals surface area (Å²) in [5.41, 5.74) is 0.901. The Morgan fingerprint density at radius 2 is 1.83 bits per heavy atom. The van der Waals surface area contributed by atoms with E-state index in [9.17, 15) is 13.2 Å². The second-order valence-electron chi connectivity index (χ2n) is 5.24. The fourth-order valence-electron chi connectivity index (χ4n) is 2.22. The zero-order valence-corrected chi connectivity index (χ0v) is 15.2. The molecule has 132 valence electrons. The van der Waals surface area contributed by atoms with Crippen LogP contribution in [0.3, 0.4) is 0 Å². The number of nitrogens with zero attached hydrogens (tertiary/aromatic N) is 1. The van der Waals surface area contributed by atoms with Crippen LogP contribution in [-0.2, 0) is 14.8 Å². The number of rotatable bonds is 9. The van der Waals surface area contributed by atoms with Crippen LogP contribution >= 0.6 is 0 Å². The van der Waals surface area contributed by atoms with Gasteiger partial charge < -0.3 is 10.6 Å². The monoisotopic (exact) mass is 351 g/mol. The van der Waals surface area contributed by atoms with Crippen LogP contribution in [0.5, 0.6) is 0 Å². The first-order valence-electron chi connectivity index (χ1n) is 7.90. The molecule has 1 amide bonds. The summed E-state index contributed by atoms with van der Waals surface area (Å²) < 4.78 is 26.3. The number of sulfonamides is 1. The van der Waals surface area contributed by atoms with Gasteiger partial charge in [-0.3, -0.25) is 4.79 Å². The summed E-state index contributed by atoms with van der Waals surface area (Å²) in [7, 11) is -3.45. The second kappa shape index (κ2) is 9.42. The lowest BCUT2D eigenvalue weighted by Gasteiger charge is -2.19. The highest BCUT2D eigenvalue weighted by atomic mass is 32.2. The Bertz CT molecular complexity index is 674. The smallest absolute Gasteiger partial charge is 0.243 e. The highest BCUT2D eigenvalue weighted by Crippen LogP contribution is 2.19. The first-order chi connectivity index (χ1) is 11.4. The molecule has 0 radical (unpaired) electrons. The number of hydrogen-bond donors (Lipinski definition) is 2. The van der Waals surface area contributed by atoms with Gasteiger partial charge in [-0.2, -0.15) is 4.31 Å². The van der Waals surface area contributed by atoms with E-state index < -0.39 is 10.0 Å². The summed E-state index contributed by atoms with van der Waals surface area (Å²) in [5, 5.41) is 5.64. The normalized spacial score (nSPS) is 12.6. The zero-order chi connectivity index (χ0) is 18.2. The van der Waals surface area contributed by atoms with Crippen LogP contribution in [0.1, 0.15) is 32.4 Å². The standard InChI is InChI=1S/C17H25N3O3S/c1-5-12-18-17(21)13-19-14(4)15-8-10-16(11-9-15)24(22,23)20(6-2)7-3/h1,8-11,14,19H,6-7,12-13H2,2-4H3,(H,18,21)/t14-/m0/s1. The Balaban J connectivity index is 2.74. The zero-order valence-electron chi connectivity index (χ0n) is 14.4. The van der Waals surface area contributed by atoms with E-state index >= 15 is 0 Å². The predicted molar refractivity (Wildman–Crippen MR) is 94.8 cm³/mol. The molecule has 0 unspecified atom stereocenters. The van der Waals surface area contributed by atoms with Crippen molar-refractivity contribution in [2.45, 2.75) is 31.7 Å². The fraction of sp³-hybridized carbons (Fsp3) is 0.471. The summed E-state index contributed by atoms with van der Waals surface area (Å²) in [6.45, 7) is 6.74. The molecule has 0 saturated carbocycles. The lowest BCUT2D eigenvalue weighted by atomic mass is 10.1. The quantitative estimate of drug-likeness (QED) is 0.654. The molecule has 0 heterocycles. The van der Waals surface area contributed by atoms with Crippen molar-refractivity contribution < 1.29 is 13.2 Å². The Labute approximate surface area is 144 Å². The van der Waals surface area contributed by atoms with Crippen molar-refractivity contribution in [1.29, 1.82) is 0 Å². The number of hydrogen-bond acceptors (Lipinski definition) is 4. The van der Waals surface area contributed by atoms with Gasteiger partial charge in [0.05, 0.1) is 18.0 Å². The van der Waals surface area contributed by atoms with Gasteiger partial charge in [-0.1, -0.05) is 31.9 Å². The maximum absolute atomic E-state index is 12.4. The number of amides is 1. The highest BCUT2D eigenvalue weighted by molar-refractivity contribution is 7.89. The third-order valence-corrected chi connectivity index (χ3v) is 5.74. The molecule has 0 aliphatic rings. The fourth-order valence-corrected chi connectivity index (χ4v) is 3.67. The van der Waals surface area contributed by atoms with Gasteiger partial charge in [0.1, 0.15) is 0 Å². The van der Waals surface area contributed by atoms with Crippen molar-refractivity contribution in [2.75, 3.05) is 26.2 Å². The van der Waals surface area contributed by atoms with E-state index in [1.165, 1.54) is 4.31 Å². The molecular weight excluding hydrogens is 326 g/mol. The molecule has 0 aliphatic heterocycles. The summed E-state index contributed by atoms with van der Waals surface area (Å²) in [6, 6.07) is 6.62. The van der Waals surface area contributed by atoms with Gasteiger partial charge in [0.15, 0.2) is 0 Å². The topological polar surface area (TPSA) is 78.5 Å². The maximum Gasteiger partial charge on any atom is 0.243 e. The molecule has 1 atom stereocenters. The summed E-state index contributed by atoms with van der Waals surface area (Å²) in [6.07, 6.45) is 5.08. The van der Waals surface area contributed by atoms with E-state index in [0.717, 1.165) is 5.56 Å². The van der Waals surface area contributed by atoms with Crippen molar-refractivity contribution in [2.24, 2.45) is 0 Å². The average molecular weight is 351 g/mol. The third-order valence-electron chi connectivity index (χ3n) is 3.68. The van der Waals surface area contributed by atoms with Crippen LogP contribution in [0.2, 0.25) is 0 Å². The van der Waals surface area contributed by atoms with E-state index in [4.69, 9.17) is 6.42 Å². The molecule has 0 aromatic heterocycles. The number of carbonyl (C=O) groups excluding carboxylic acids is 1. The Morgan fingerprint density at radius 1 is 1.25 bits per heavy atom. The molecule has 1 rings (SSSR count). The Kier molecular flexibility index (Phi) is 7.92. The third kappa shape index (κ3) is 5.34. The van der Waals surface area contributed by atoms with Crippen LogP contribution in [0, 0.1) is 12.3 Å². The number of carbonyl (C=O) groups is 1. The van der Waals surface area contributed by atoms with Crippen LogP contribution in [0.15, 0.2) is 29.2 Å². The number of nitrogens with one attached hydrogen (secondary N) is 2. The van der Waals surface area contributed by atoms with Gasteiger partial charge in [-0.25, -0.2) is 8.42 Å². The van der Waals surface area contributed by atoms with Crippen LogP contribution in [-0.4, -0.2) is 44.8 Å². The van der Waals surface area contributed by atoms with E-state index in [1.807, 2.05) is 20.8 Å². The lowest BCUT2D eigenvalue weighted by molar-refractivity contribution is -0.120. The molecule has 6 nitrogen and oxygen atoms in total. The van der Waals surface area contributed by atoms with Crippen molar-refractivity contribution in [3.8, 4) is 12.3 Å². The first kappa shape index (κ1) is 20.2. The van der Waals surface area contributed by atoms with Gasteiger partial charge in [-0.15, -0.1) is 6.42 Å². The summed E-state index contributed by atoms with van der Waals surface area (Å²) in [5.74, 6) is 2.16. The van der Waals surface area contributed by atoms with Gasteiger partial charge in [0.25, 0.3) is 0 Å². The molecule has 0 aliphatic carbocycles. The molecule has 7 heteroatoms. The minimum absolute atomic E-state index is 0.0909. The van der Waals surface area contributed by atoms with E-state index in [2.05, 4.69) is 16.6 Å². The largest absolute Gasteiger partial charge is 0.344 e. The molecule has 0 fully saturated rings. The first-order valence-corrected chi connectivity index (χ1v) is 9.34. The van der Waals surface area contributed by atoms with Crippen LogP contribution in [0.25, 0.3) is 0 Å². The van der Waals surface area contributed by atoms with Gasteiger partial charge in [0, 0.05) is 19.1 Å². The minimum Gasteiger partial charge on any atom is -0.344 e. The number of terminal acetylenes is 1. The average Bonchev–Trinajstić information content (AvgIpc) is 2.58. The molecule has 24 heavy (non-hydrogen) atoms. The molecule has 0 spiro atoms. The Hall–Kier alpha value is -1.88.